The van der Waals surface area contributed by atoms with Crippen LogP contribution in [0.15, 0.2) is 24.3 Å². The van der Waals surface area contributed by atoms with Gasteiger partial charge in [-0.3, -0.25) is 0 Å². The molecule has 1 heterocycles. The van der Waals surface area contributed by atoms with Gasteiger partial charge in [0.15, 0.2) is 0 Å². The van der Waals surface area contributed by atoms with E-state index in [0.29, 0.717) is 5.02 Å². The molecule has 1 saturated heterocycles. The van der Waals surface area contributed by atoms with Crippen LogP contribution in [0.1, 0.15) is 31.9 Å². The van der Waals surface area contributed by atoms with E-state index in [1.54, 1.807) is 0 Å². The summed E-state index contributed by atoms with van der Waals surface area (Å²) < 4.78 is 0. The number of aliphatic hydroxyl groups excluding tert-OH is 1. The highest BCUT2D eigenvalue weighted by molar-refractivity contribution is 6.30. The Kier molecular flexibility index (Phi) is 4.66. The number of hydrogen-bond acceptors (Lipinski definition) is 2. The first-order chi connectivity index (χ1) is 8.56. The molecule has 18 heavy (non-hydrogen) atoms. The summed E-state index contributed by atoms with van der Waals surface area (Å²) in [4.78, 5) is 2.45. The van der Waals surface area contributed by atoms with Crippen molar-refractivity contribution in [2.75, 3.05) is 19.6 Å². The van der Waals surface area contributed by atoms with Crippen LogP contribution >= 0.6 is 11.6 Å². The van der Waals surface area contributed by atoms with E-state index in [2.05, 4.69) is 18.7 Å². The van der Waals surface area contributed by atoms with E-state index in [4.69, 9.17) is 11.6 Å². The Morgan fingerprint density at radius 1 is 1.22 bits per heavy atom. The second-order valence-corrected chi connectivity index (χ2v) is 6.01. The number of rotatable bonds is 4. The van der Waals surface area contributed by atoms with Crippen LogP contribution in [0.2, 0.25) is 5.02 Å². The van der Waals surface area contributed by atoms with Crippen LogP contribution in [-0.2, 0) is 0 Å². The third kappa shape index (κ3) is 3.47. The minimum atomic E-state index is -0.381. The summed E-state index contributed by atoms with van der Waals surface area (Å²) in [6.45, 7) is 7.90. The standard InChI is InChI=1S/C15H22ClNO/c1-11-9-17(10-12(11)2)8-7-15(18)13-3-5-14(16)6-4-13/h3-6,11-12,15,18H,7-10H2,1-2H3. The van der Waals surface area contributed by atoms with E-state index in [1.807, 2.05) is 24.3 Å². The van der Waals surface area contributed by atoms with Gasteiger partial charge in [-0.25, -0.2) is 0 Å². The fourth-order valence-corrected chi connectivity index (χ4v) is 2.71. The van der Waals surface area contributed by atoms with Crippen LogP contribution in [0.4, 0.5) is 0 Å². The lowest BCUT2D eigenvalue weighted by atomic mass is 10.0. The number of aliphatic hydroxyl groups is 1. The lowest BCUT2D eigenvalue weighted by Crippen LogP contribution is -2.23. The molecule has 1 aromatic carbocycles. The van der Waals surface area contributed by atoms with E-state index in [-0.39, 0.29) is 6.10 Å². The zero-order valence-corrected chi connectivity index (χ0v) is 11.9. The summed E-state index contributed by atoms with van der Waals surface area (Å²) >= 11 is 5.84. The molecule has 1 aliphatic rings. The number of hydrogen-bond donors (Lipinski definition) is 1. The maximum Gasteiger partial charge on any atom is 0.0802 e. The van der Waals surface area contributed by atoms with Crippen LogP contribution in [0, 0.1) is 11.8 Å². The highest BCUT2D eigenvalue weighted by Gasteiger charge is 2.25. The van der Waals surface area contributed by atoms with Gasteiger partial charge in [0.05, 0.1) is 6.10 Å². The number of likely N-dealkylation sites (tertiary alicyclic amines) is 1. The van der Waals surface area contributed by atoms with Gasteiger partial charge in [-0.05, 0) is 36.0 Å². The van der Waals surface area contributed by atoms with Crippen LogP contribution in [0.25, 0.3) is 0 Å². The van der Waals surface area contributed by atoms with E-state index < -0.39 is 0 Å². The fraction of sp³-hybridized carbons (Fsp3) is 0.600. The van der Waals surface area contributed by atoms with Crippen molar-refractivity contribution in [1.82, 2.24) is 4.90 Å². The highest BCUT2D eigenvalue weighted by Crippen LogP contribution is 2.24. The zero-order chi connectivity index (χ0) is 13.1. The molecule has 3 unspecified atom stereocenters. The van der Waals surface area contributed by atoms with Crippen molar-refractivity contribution in [3.63, 3.8) is 0 Å². The van der Waals surface area contributed by atoms with Gasteiger partial charge in [0.2, 0.25) is 0 Å². The lowest BCUT2D eigenvalue weighted by molar-refractivity contribution is 0.147. The summed E-state index contributed by atoms with van der Waals surface area (Å²) in [5.74, 6) is 1.55. The van der Waals surface area contributed by atoms with Gasteiger partial charge in [0.1, 0.15) is 0 Å². The van der Waals surface area contributed by atoms with Gasteiger partial charge >= 0.3 is 0 Å². The predicted molar refractivity (Wildman–Crippen MR) is 75.8 cm³/mol. The maximum absolute atomic E-state index is 10.1. The minimum Gasteiger partial charge on any atom is -0.388 e. The topological polar surface area (TPSA) is 23.5 Å². The first kappa shape index (κ1) is 13.9. The molecule has 2 nitrogen and oxygen atoms in total. The largest absolute Gasteiger partial charge is 0.388 e. The van der Waals surface area contributed by atoms with Crippen molar-refractivity contribution in [3.8, 4) is 0 Å². The Morgan fingerprint density at radius 2 is 1.78 bits per heavy atom. The monoisotopic (exact) mass is 267 g/mol. The lowest BCUT2D eigenvalue weighted by Gasteiger charge is -2.18. The Balaban J connectivity index is 1.81. The second kappa shape index (κ2) is 6.05. The summed E-state index contributed by atoms with van der Waals surface area (Å²) in [6, 6.07) is 7.48. The molecule has 2 rings (SSSR count). The van der Waals surface area contributed by atoms with Crippen molar-refractivity contribution in [2.24, 2.45) is 11.8 Å². The van der Waals surface area contributed by atoms with Crippen molar-refractivity contribution < 1.29 is 5.11 Å². The molecular formula is C15H22ClNO. The van der Waals surface area contributed by atoms with Crippen LogP contribution in [-0.4, -0.2) is 29.6 Å². The third-order valence-corrected chi connectivity index (χ3v) is 4.29. The molecular weight excluding hydrogens is 246 g/mol. The Morgan fingerprint density at radius 3 is 2.33 bits per heavy atom. The molecule has 1 fully saturated rings. The molecule has 1 N–H and O–H groups in total. The molecule has 1 aromatic rings. The van der Waals surface area contributed by atoms with Crippen molar-refractivity contribution in [3.05, 3.63) is 34.9 Å². The van der Waals surface area contributed by atoms with Gasteiger partial charge in [-0.15, -0.1) is 0 Å². The molecule has 1 aliphatic heterocycles. The summed E-state index contributed by atoms with van der Waals surface area (Å²) in [7, 11) is 0. The molecule has 0 aromatic heterocycles. The van der Waals surface area contributed by atoms with Gasteiger partial charge in [0.25, 0.3) is 0 Å². The summed E-state index contributed by atoms with van der Waals surface area (Å²) in [5, 5.41) is 10.8. The van der Waals surface area contributed by atoms with Crippen molar-refractivity contribution in [1.29, 1.82) is 0 Å². The average Bonchev–Trinajstić information content (AvgIpc) is 2.67. The predicted octanol–water partition coefficient (Wildman–Crippen LogP) is 3.35. The van der Waals surface area contributed by atoms with Crippen molar-refractivity contribution in [2.45, 2.75) is 26.4 Å². The van der Waals surface area contributed by atoms with Crippen LogP contribution in [0.3, 0.4) is 0 Å². The first-order valence-electron chi connectivity index (χ1n) is 6.72. The third-order valence-electron chi connectivity index (χ3n) is 4.04. The van der Waals surface area contributed by atoms with E-state index in [0.717, 1.165) is 43.5 Å². The molecule has 0 aliphatic carbocycles. The Labute approximate surface area is 115 Å². The second-order valence-electron chi connectivity index (χ2n) is 5.57. The van der Waals surface area contributed by atoms with Gasteiger partial charge < -0.3 is 10.0 Å². The highest BCUT2D eigenvalue weighted by atomic mass is 35.5. The van der Waals surface area contributed by atoms with Crippen LogP contribution in [0.5, 0.6) is 0 Å². The van der Waals surface area contributed by atoms with Crippen LogP contribution < -0.4 is 0 Å². The van der Waals surface area contributed by atoms with E-state index in [1.165, 1.54) is 0 Å². The molecule has 100 valence electrons. The molecule has 0 radical (unpaired) electrons. The molecule has 0 spiro atoms. The fourth-order valence-electron chi connectivity index (χ4n) is 2.59. The number of nitrogens with zero attached hydrogens (tertiary/aromatic N) is 1. The van der Waals surface area contributed by atoms with Crippen molar-refractivity contribution >= 4 is 11.6 Å². The average molecular weight is 268 g/mol. The normalized spacial score (nSPS) is 26.4. The maximum atomic E-state index is 10.1. The first-order valence-corrected chi connectivity index (χ1v) is 7.10. The molecule has 0 amide bonds. The minimum absolute atomic E-state index is 0.381. The molecule has 0 bridgehead atoms. The van der Waals surface area contributed by atoms with Gasteiger partial charge in [-0.2, -0.15) is 0 Å². The number of benzene rings is 1. The summed E-state index contributed by atoms with van der Waals surface area (Å²) in [6.07, 6.45) is 0.412. The number of halogens is 1. The van der Waals surface area contributed by atoms with Gasteiger partial charge in [-0.1, -0.05) is 37.6 Å². The Bertz CT molecular complexity index is 369. The smallest absolute Gasteiger partial charge is 0.0802 e. The Hall–Kier alpha value is -0.570. The zero-order valence-electron chi connectivity index (χ0n) is 11.1. The quantitative estimate of drug-likeness (QED) is 0.904. The molecule has 3 atom stereocenters. The molecule has 3 heteroatoms. The molecule has 0 saturated carbocycles. The SMILES string of the molecule is CC1CN(CCC(O)c2ccc(Cl)cc2)CC1C. The summed E-state index contributed by atoms with van der Waals surface area (Å²) in [5.41, 5.74) is 0.958. The van der Waals surface area contributed by atoms with Gasteiger partial charge in [0, 0.05) is 24.7 Å². The van der Waals surface area contributed by atoms with E-state index >= 15 is 0 Å². The van der Waals surface area contributed by atoms with E-state index in [9.17, 15) is 5.11 Å².